The van der Waals surface area contributed by atoms with E-state index in [9.17, 15) is 9.18 Å². The van der Waals surface area contributed by atoms with Gasteiger partial charge >= 0.3 is 0 Å². The summed E-state index contributed by atoms with van der Waals surface area (Å²) in [7, 11) is 0. The Morgan fingerprint density at radius 1 is 1.00 bits per heavy atom. The fourth-order valence-electron chi connectivity index (χ4n) is 2.18. The molecule has 0 radical (unpaired) electrons. The zero-order valence-electron chi connectivity index (χ0n) is 12.8. The van der Waals surface area contributed by atoms with Crippen LogP contribution in [-0.4, -0.2) is 5.91 Å². The van der Waals surface area contributed by atoms with E-state index in [1.165, 1.54) is 12.1 Å². The molecule has 0 fully saturated rings. The van der Waals surface area contributed by atoms with Gasteiger partial charge in [-0.15, -0.1) is 0 Å². The molecule has 2 rings (SSSR count). The lowest BCUT2D eigenvalue weighted by atomic mass is 9.93. The van der Waals surface area contributed by atoms with Gasteiger partial charge in [0.2, 0.25) is 0 Å². The standard InChI is InChI=1S/C18H20FNO/c1-12-5-6-14(11-13(12)2)17(21)20-18(3,4)15-7-9-16(19)10-8-15/h5-11H,1-4H3,(H,20,21). The summed E-state index contributed by atoms with van der Waals surface area (Å²) in [5.41, 5.74) is 3.17. The molecule has 2 nitrogen and oxygen atoms in total. The van der Waals surface area contributed by atoms with Crippen LogP contribution in [0.25, 0.3) is 0 Å². The molecule has 0 bridgehead atoms. The molecule has 0 atom stereocenters. The first kappa shape index (κ1) is 15.2. The highest BCUT2D eigenvalue weighted by Crippen LogP contribution is 2.21. The van der Waals surface area contributed by atoms with Crippen LogP contribution in [0.3, 0.4) is 0 Å². The molecule has 0 aromatic heterocycles. The smallest absolute Gasteiger partial charge is 0.251 e. The monoisotopic (exact) mass is 285 g/mol. The molecule has 0 aliphatic rings. The van der Waals surface area contributed by atoms with Gasteiger partial charge in [0.1, 0.15) is 5.82 Å². The Morgan fingerprint density at radius 2 is 1.62 bits per heavy atom. The van der Waals surface area contributed by atoms with Crippen LogP contribution in [0.1, 0.15) is 40.9 Å². The number of hydrogen-bond acceptors (Lipinski definition) is 1. The predicted molar refractivity (Wildman–Crippen MR) is 82.8 cm³/mol. The van der Waals surface area contributed by atoms with Gasteiger partial charge in [0.15, 0.2) is 0 Å². The molecule has 2 aromatic rings. The Kier molecular flexibility index (Phi) is 4.12. The lowest BCUT2D eigenvalue weighted by molar-refractivity contribution is 0.0912. The van der Waals surface area contributed by atoms with Gasteiger partial charge in [-0.1, -0.05) is 18.2 Å². The van der Waals surface area contributed by atoms with Crippen molar-refractivity contribution in [1.82, 2.24) is 5.32 Å². The lowest BCUT2D eigenvalue weighted by Crippen LogP contribution is -2.41. The van der Waals surface area contributed by atoms with Crippen LogP contribution in [0.5, 0.6) is 0 Å². The Morgan fingerprint density at radius 3 is 2.19 bits per heavy atom. The van der Waals surface area contributed by atoms with Gasteiger partial charge in [-0.2, -0.15) is 0 Å². The Labute approximate surface area is 125 Å². The molecule has 0 heterocycles. The van der Waals surface area contributed by atoms with E-state index in [0.29, 0.717) is 5.56 Å². The normalized spacial score (nSPS) is 11.3. The predicted octanol–water partition coefficient (Wildman–Crippen LogP) is 4.11. The van der Waals surface area contributed by atoms with E-state index in [4.69, 9.17) is 0 Å². The van der Waals surface area contributed by atoms with Crippen LogP contribution in [0.4, 0.5) is 4.39 Å². The summed E-state index contributed by atoms with van der Waals surface area (Å²) in [6.07, 6.45) is 0. The summed E-state index contributed by atoms with van der Waals surface area (Å²) in [5.74, 6) is -0.414. The number of carbonyl (C=O) groups is 1. The van der Waals surface area contributed by atoms with Gasteiger partial charge in [-0.25, -0.2) is 4.39 Å². The van der Waals surface area contributed by atoms with Gasteiger partial charge in [0.25, 0.3) is 5.91 Å². The van der Waals surface area contributed by atoms with Gasteiger partial charge < -0.3 is 5.32 Å². The number of benzene rings is 2. The third-order valence-electron chi connectivity index (χ3n) is 3.76. The minimum atomic E-state index is -0.566. The molecule has 21 heavy (non-hydrogen) atoms. The van der Waals surface area contributed by atoms with Crippen LogP contribution in [0.2, 0.25) is 0 Å². The van der Waals surface area contributed by atoms with Gasteiger partial charge in [0.05, 0.1) is 5.54 Å². The molecule has 3 heteroatoms. The van der Waals surface area contributed by atoms with E-state index in [-0.39, 0.29) is 11.7 Å². The minimum Gasteiger partial charge on any atom is -0.343 e. The second kappa shape index (κ2) is 5.68. The van der Waals surface area contributed by atoms with Crippen molar-refractivity contribution in [2.75, 3.05) is 0 Å². The van der Waals surface area contributed by atoms with Crippen molar-refractivity contribution in [3.63, 3.8) is 0 Å². The van der Waals surface area contributed by atoms with E-state index in [1.54, 1.807) is 12.1 Å². The van der Waals surface area contributed by atoms with E-state index >= 15 is 0 Å². The van der Waals surface area contributed by atoms with E-state index < -0.39 is 5.54 Å². The lowest BCUT2D eigenvalue weighted by Gasteiger charge is -2.27. The second-order valence-corrected chi connectivity index (χ2v) is 5.89. The van der Waals surface area contributed by atoms with Gasteiger partial charge in [-0.3, -0.25) is 4.79 Å². The average molecular weight is 285 g/mol. The Balaban J connectivity index is 2.21. The zero-order chi connectivity index (χ0) is 15.6. The number of hydrogen-bond donors (Lipinski definition) is 1. The summed E-state index contributed by atoms with van der Waals surface area (Å²) in [6, 6.07) is 11.8. The van der Waals surface area contributed by atoms with Crippen molar-refractivity contribution in [2.45, 2.75) is 33.2 Å². The first-order valence-electron chi connectivity index (χ1n) is 6.95. The van der Waals surface area contributed by atoms with E-state index in [0.717, 1.165) is 16.7 Å². The molecule has 110 valence electrons. The summed E-state index contributed by atoms with van der Waals surface area (Å²) in [4.78, 5) is 12.4. The Hall–Kier alpha value is -2.16. The maximum absolute atomic E-state index is 13.0. The summed E-state index contributed by atoms with van der Waals surface area (Å²) in [5, 5.41) is 2.99. The molecule has 0 aliphatic heterocycles. The van der Waals surface area contributed by atoms with Crippen molar-refractivity contribution < 1.29 is 9.18 Å². The van der Waals surface area contributed by atoms with E-state index in [2.05, 4.69) is 5.32 Å². The summed E-state index contributed by atoms with van der Waals surface area (Å²) in [6.45, 7) is 7.80. The molecule has 0 aliphatic carbocycles. The number of rotatable bonds is 3. The number of halogens is 1. The molecule has 0 saturated heterocycles. The third kappa shape index (κ3) is 3.48. The van der Waals surface area contributed by atoms with E-state index in [1.807, 2.05) is 45.9 Å². The molecule has 1 amide bonds. The molecule has 1 N–H and O–H groups in total. The van der Waals surface area contributed by atoms with Crippen LogP contribution in [0, 0.1) is 19.7 Å². The fourth-order valence-corrected chi connectivity index (χ4v) is 2.18. The summed E-state index contributed by atoms with van der Waals surface area (Å²) < 4.78 is 13.0. The number of nitrogens with one attached hydrogen (secondary N) is 1. The topological polar surface area (TPSA) is 29.1 Å². The largest absolute Gasteiger partial charge is 0.343 e. The molecule has 0 saturated carbocycles. The quantitative estimate of drug-likeness (QED) is 0.903. The first-order chi connectivity index (χ1) is 9.79. The molecule has 2 aromatic carbocycles. The first-order valence-corrected chi connectivity index (χ1v) is 6.95. The molecular weight excluding hydrogens is 265 g/mol. The minimum absolute atomic E-state index is 0.132. The average Bonchev–Trinajstić information content (AvgIpc) is 2.41. The van der Waals surface area contributed by atoms with Crippen molar-refractivity contribution in [3.05, 3.63) is 70.5 Å². The second-order valence-electron chi connectivity index (χ2n) is 5.89. The zero-order valence-corrected chi connectivity index (χ0v) is 12.8. The molecule has 0 spiro atoms. The highest BCUT2D eigenvalue weighted by molar-refractivity contribution is 5.95. The summed E-state index contributed by atoms with van der Waals surface area (Å²) >= 11 is 0. The van der Waals surface area contributed by atoms with Crippen molar-refractivity contribution in [2.24, 2.45) is 0 Å². The Bertz CT molecular complexity index is 659. The number of carbonyl (C=O) groups excluding carboxylic acids is 1. The highest BCUT2D eigenvalue weighted by atomic mass is 19.1. The maximum Gasteiger partial charge on any atom is 0.251 e. The number of aryl methyl sites for hydroxylation is 2. The van der Waals surface area contributed by atoms with Crippen LogP contribution in [-0.2, 0) is 5.54 Å². The molecule has 0 unspecified atom stereocenters. The third-order valence-corrected chi connectivity index (χ3v) is 3.76. The fraction of sp³-hybridized carbons (Fsp3) is 0.278. The van der Waals surface area contributed by atoms with Gasteiger partial charge in [0, 0.05) is 5.56 Å². The molecular formula is C18H20FNO. The van der Waals surface area contributed by atoms with Crippen molar-refractivity contribution in [1.29, 1.82) is 0 Å². The highest BCUT2D eigenvalue weighted by Gasteiger charge is 2.23. The number of amides is 1. The van der Waals surface area contributed by atoms with Crippen LogP contribution < -0.4 is 5.32 Å². The van der Waals surface area contributed by atoms with Crippen molar-refractivity contribution >= 4 is 5.91 Å². The van der Waals surface area contributed by atoms with Gasteiger partial charge in [-0.05, 0) is 68.7 Å². The van der Waals surface area contributed by atoms with Crippen molar-refractivity contribution in [3.8, 4) is 0 Å². The maximum atomic E-state index is 13.0. The SMILES string of the molecule is Cc1ccc(C(=O)NC(C)(C)c2ccc(F)cc2)cc1C. The van der Waals surface area contributed by atoms with Crippen LogP contribution in [0.15, 0.2) is 42.5 Å². The van der Waals surface area contributed by atoms with Crippen LogP contribution >= 0.6 is 0 Å².